The third-order valence-corrected chi connectivity index (χ3v) is 5.18. The molecule has 1 saturated heterocycles. The number of carbonyl (C=O) groups is 1. The number of pyridine rings is 1. The summed E-state index contributed by atoms with van der Waals surface area (Å²) in [5.74, 6) is -0.319. The number of benzene rings is 1. The van der Waals surface area contributed by atoms with Crippen LogP contribution in [0, 0.1) is 0 Å². The summed E-state index contributed by atoms with van der Waals surface area (Å²) in [6.45, 7) is 4.16. The molecular weight excluding hydrogens is 368 g/mol. The molecule has 29 heavy (non-hydrogen) atoms. The summed E-state index contributed by atoms with van der Waals surface area (Å²) in [7, 11) is 0. The van der Waals surface area contributed by atoms with E-state index in [1.165, 1.54) is 38.3 Å². The maximum atomic E-state index is 12.7. The van der Waals surface area contributed by atoms with E-state index in [0.29, 0.717) is 11.6 Å². The number of fused-ring (bicyclic) bond motifs is 1. The third kappa shape index (κ3) is 4.12. The van der Waals surface area contributed by atoms with Crippen molar-refractivity contribution in [2.75, 3.05) is 31.5 Å². The van der Waals surface area contributed by atoms with Crippen molar-refractivity contribution >= 4 is 22.9 Å². The van der Waals surface area contributed by atoms with Gasteiger partial charge in [-0.1, -0.05) is 18.2 Å². The van der Waals surface area contributed by atoms with Crippen molar-refractivity contribution in [2.24, 2.45) is 5.73 Å². The molecule has 1 fully saturated rings. The Kier molecular flexibility index (Phi) is 5.53. The fourth-order valence-electron chi connectivity index (χ4n) is 3.67. The van der Waals surface area contributed by atoms with Gasteiger partial charge in [0.2, 0.25) is 11.4 Å². The summed E-state index contributed by atoms with van der Waals surface area (Å²) in [6, 6.07) is 9.40. The van der Waals surface area contributed by atoms with Gasteiger partial charge in [0.25, 0.3) is 5.91 Å². The maximum absolute atomic E-state index is 12.7. The van der Waals surface area contributed by atoms with Crippen LogP contribution in [0.3, 0.4) is 0 Å². The van der Waals surface area contributed by atoms with Gasteiger partial charge in [-0.2, -0.15) is 4.98 Å². The van der Waals surface area contributed by atoms with Gasteiger partial charge in [-0.3, -0.25) is 9.59 Å². The average molecular weight is 392 g/mol. The van der Waals surface area contributed by atoms with E-state index in [4.69, 9.17) is 5.73 Å². The lowest BCUT2D eigenvalue weighted by molar-refractivity contribution is 0.0999. The van der Waals surface area contributed by atoms with Gasteiger partial charge < -0.3 is 20.5 Å². The molecule has 3 heterocycles. The molecule has 1 aliphatic heterocycles. The number of nitrogens with two attached hydrogens (primary N) is 1. The summed E-state index contributed by atoms with van der Waals surface area (Å²) in [4.78, 5) is 35.7. The molecule has 0 atom stereocenters. The topological polar surface area (TPSA) is 106 Å². The Hall–Kier alpha value is -3.26. The number of carbonyl (C=O) groups excluding carboxylic acids is 1. The van der Waals surface area contributed by atoms with Crippen molar-refractivity contribution in [3.63, 3.8) is 0 Å². The van der Waals surface area contributed by atoms with Crippen molar-refractivity contribution in [3.05, 3.63) is 58.5 Å². The summed E-state index contributed by atoms with van der Waals surface area (Å²) >= 11 is 0. The second kappa shape index (κ2) is 8.40. The van der Waals surface area contributed by atoms with Crippen LogP contribution in [-0.2, 0) is 0 Å². The Morgan fingerprint density at radius 3 is 2.66 bits per heavy atom. The zero-order valence-corrected chi connectivity index (χ0v) is 16.2. The van der Waals surface area contributed by atoms with Crippen LogP contribution < -0.4 is 16.5 Å². The molecule has 0 spiro atoms. The number of para-hydroxylation sites is 1. The van der Waals surface area contributed by atoms with Crippen LogP contribution in [0.2, 0.25) is 0 Å². The van der Waals surface area contributed by atoms with Crippen LogP contribution in [0.1, 0.15) is 29.6 Å². The highest BCUT2D eigenvalue weighted by molar-refractivity contribution is 5.96. The molecule has 0 unspecified atom stereocenters. The number of anilines is 1. The smallest absolute Gasteiger partial charge is 0.254 e. The van der Waals surface area contributed by atoms with Crippen LogP contribution in [0.25, 0.3) is 16.7 Å². The van der Waals surface area contributed by atoms with Gasteiger partial charge in [0.05, 0.1) is 5.39 Å². The predicted molar refractivity (Wildman–Crippen MR) is 112 cm³/mol. The van der Waals surface area contributed by atoms with Gasteiger partial charge in [0, 0.05) is 24.6 Å². The monoisotopic (exact) mass is 392 g/mol. The number of nitrogens with one attached hydrogen (secondary N) is 1. The standard InChI is InChI=1S/C21H24N6O2/c22-19(29)17-14-27(15-7-2-1-3-8-15)20-16(18(17)28)13-24-21(25-20)23-9-6-12-26-10-4-5-11-26/h1-3,7-8,13-14H,4-6,9-12H2,(H2,22,29)(H,23,24,25). The molecule has 8 heteroatoms. The van der Waals surface area contributed by atoms with Gasteiger partial charge in [-0.15, -0.1) is 0 Å². The molecule has 3 aromatic rings. The van der Waals surface area contributed by atoms with Gasteiger partial charge in [0.1, 0.15) is 5.56 Å². The lowest BCUT2D eigenvalue weighted by Gasteiger charge is -2.15. The second-order valence-electron chi connectivity index (χ2n) is 7.20. The molecule has 0 bridgehead atoms. The van der Waals surface area contributed by atoms with E-state index in [1.807, 2.05) is 30.3 Å². The van der Waals surface area contributed by atoms with Gasteiger partial charge >= 0.3 is 0 Å². The molecule has 1 aromatic carbocycles. The summed E-state index contributed by atoms with van der Waals surface area (Å²) < 4.78 is 1.70. The Labute approximate surface area is 168 Å². The van der Waals surface area contributed by atoms with Crippen molar-refractivity contribution in [2.45, 2.75) is 19.3 Å². The Bertz CT molecular complexity index is 1070. The van der Waals surface area contributed by atoms with Crippen LogP contribution in [-0.4, -0.2) is 51.5 Å². The molecular formula is C21H24N6O2. The number of aromatic nitrogens is 3. The molecule has 0 radical (unpaired) electrons. The number of hydrogen-bond acceptors (Lipinski definition) is 6. The number of primary amides is 1. The molecule has 8 nitrogen and oxygen atoms in total. The highest BCUT2D eigenvalue weighted by Crippen LogP contribution is 2.17. The second-order valence-corrected chi connectivity index (χ2v) is 7.20. The van der Waals surface area contributed by atoms with E-state index >= 15 is 0 Å². The molecule has 0 saturated carbocycles. The first-order valence-electron chi connectivity index (χ1n) is 9.87. The third-order valence-electron chi connectivity index (χ3n) is 5.18. The molecule has 2 aromatic heterocycles. The van der Waals surface area contributed by atoms with Crippen LogP contribution in [0.4, 0.5) is 5.95 Å². The summed E-state index contributed by atoms with van der Waals surface area (Å²) in [6.07, 6.45) is 6.47. The van der Waals surface area contributed by atoms with E-state index in [-0.39, 0.29) is 10.9 Å². The quantitative estimate of drug-likeness (QED) is 0.594. The highest BCUT2D eigenvalue weighted by Gasteiger charge is 2.16. The minimum Gasteiger partial charge on any atom is -0.365 e. The molecule has 1 amide bonds. The molecule has 0 aliphatic carbocycles. The minimum atomic E-state index is -0.773. The first kappa shape index (κ1) is 19.1. The van der Waals surface area contributed by atoms with Gasteiger partial charge in [0.15, 0.2) is 5.65 Å². The van der Waals surface area contributed by atoms with E-state index < -0.39 is 11.3 Å². The van der Waals surface area contributed by atoms with E-state index in [9.17, 15) is 9.59 Å². The van der Waals surface area contributed by atoms with Crippen LogP contribution in [0.5, 0.6) is 0 Å². The normalized spacial score (nSPS) is 14.3. The first-order valence-corrected chi connectivity index (χ1v) is 9.87. The van der Waals surface area contributed by atoms with Crippen molar-refractivity contribution in [1.29, 1.82) is 0 Å². The van der Waals surface area contributed by atoms with E-state index in [1.54, 1.807) is 4.57 Å². The largest absolute Gasteiger partial charge is 0.365 e. The van der Waals surface area contributed by atoms with Crippen LogP contribution >= 0.6 is 0 Å². The number of hydrogen-bond donors (Lipinski definition) is 2. The molecule has 1 aliphatic rings. The lowest BCUT2D eigenvalue weighted by atomic mass is 10.2. The Morgan fingerprint density at radius 1 is 1.17 bits per heavy atom. The minimum absolute atomic E-state index is 0.0868. The van der Waals surface area contributed by atoms with Crippen LogP contribution in [0.15, 0.2) is 47.5 Å². The number of rotatable bonds is 7. The van der Waals surface area contributed by atoms with Crippen molar-refractivity contribution < 1.29 is 4.79 Å². The Balaban J connectivity index is 1.64. The van der Waals surface area contributed by atoms with Gasteiger partial charge in [-0.05, 0) is 51.0 Å². The van der Waals surface area contributed by atoms with E-state index in [0.717, 1.165) is 25.2 Å². The Morgan fingerprint density at radius 2 is 1.93 bits per heavy atom. The number of amides is 1. The fourth-order valence-corrected chi connectivity index (χ4v) is 3.67. The summed E-state index contributed by atoms with van der Waals surface area (Å²) in [5.41, 5.74) is 6.07. The number of likely N-dealkylation sites (tertiary alicyclic amines) is 1. The average Bonchev–Trinajstić information content (AvgIpc) is 3.25. The first-order chi connectivity index (χ1) is 14.1. The fraction of sp³-hybridized carbons (Fsp3) is 0.333. The molecule has 4 rings (SSSR count). The lowest BCUT2D eigenvalue weighted by Crippen LogP contribution is -2.25. The number of nitrogens with zero attached hydrogens (tertiary/aromatic N) is 4. The molecule has 3 N–H and O–H groups in total. The van der Waals surface area contributed by atoms with Gasteiger partial charge in [-0.25, -0.2) is 4.98 Å². The molecule has 150 valence electrons. The predicted octanol–water partition coefficient (Wildman–Crippen LogP) is 1.78. The van der Waals surface area contributed by atoms with E-state index in [2.05, 4.69) is 20.2 Å². The highest BCUT2D eigenvalue weighted by atomic mass is 16.2. The van der Waals surface area contributed by atoms with Crippen molar-refractivity contribution in [1.82, 2.24) is 19.4 Å². The van der Waals surface area contributed by atoms with Crippen molar-refractivity contribution in [3.8, 4) is 5.69 Å². The zero-order valence-electron chi connectivity index (χ0n) is 16.2. The zero-order chi connectivity index (χ0) is 20.2. The summed E-state index contributed by atoms with van der Waals surface area (Å²) in [5, 5.41) is 3.50. The maximum Gasteiger partial charge on any atom is 0.254 e. The SMILES string of the molecule is NC(=O)c1cn(-c2ccccc2)c2nc(NCCCN3CCCC3)ncc2c1=O.